The van der Waals surface area contributed by atoms with Gasteiger partial charge in [-0.15, -0.1) is 15.3 Å². The predicted molar refractivity (Wildman–Crippen MR) is 425 cm³/mol. The molecule has 0 saturated carbocycles. The van der Waals surface area contributed by atoms with Gasteiger partial charge < -0.3 is 167 Å². The van der Waals surface area contributed by atoms with E-state index in [1.165, 1.54) is 20.8 Å². The molecular weight excluding hydrogens is 1680 g/mol. The van der Waals surface area contributed by atoms with Crippen LogP contribution in [-0.2, 0) is 163 Å². The summed E-state index contributed by atoms with van der Waals surface area (Å²) in [6.07, 6.45) is -2.61. The second-order valence-electron chi connectivity index (χ2n) is 31.2. The smallest absolute Gasteiger partial charge is 0.404 e. The van der Waals surface area contributed by atoms with E-state index in [9.17, 15) is 59.4 Å². The Kier molecular flexibility index (Phi) is 45.0. The second kappa shape index (κ2) is 55.2. The largest absolute Gasteiger partial charge is 0.465 e. The van der Waals surface area contributed by atoms with Crippen LogP contribution in [-0.4, -0.2) is 424 Å². The zero-order chi connectivity index (χ0) is 89.8. The fourth-order valence-corrected chi connectivity index (χ4v) is 14.3. The third kappa shape index (κ3) is 34.4. The number of aliphatic hydroxyl groups excluding tert-OH is 6. The van der Waals surface area contributed by atoms with Crippen molar-refractivity contribution >= 4 is 35.6 Å². The van der Waals surface area contributed by atoms with E-state index in [0.29, 0.717) is 134 Å². The van der Waals surface area contributed by atoms with E-state index < -0.39 is 120 Å². The molecule has 49 nitrogen and oxygen atoms in total. The number of nitrogens with zero attached hydrogens (tertiary/aromatic N) is 9. The summed E-state index contributed by atoms with van der Waals surface area (Å²) in [5.74, 6) is -1.62. The minimum atomic E-state index is -1.35. The Morgan fingerprint density at radius 2 is 0.675 bits per heavy atom. The van der Waals surface area contributed by atoms with Crippen molar-refractivity contribution in [3.05, 3.63) is 35.7 Å². The number of unbranched alkanes of at least 4 members (excludes halogenated alkanes) is 4. The number of aromatic nitrogens is 9. The van der Waals surface area contributed by atoms with E-state index in [2.05, 4.69) is 62.8 Å². The Bertz CT molecular complexity index is 3330. The average Bonchev–Trinajstić information content (AvgIpc) is 1.61. The number of fused-ring (bicyclic) bond motifs is 6. The summed E-state index contributed by atoms with van der Waals surface area (Å²) in [5.41, 5.74) is -3.73. The topological polar surface area (TPSA) is 602 Å². The summed E-state index contributed by atoms with van der Waals surface area (Å²) in [5, 5.41) is 115. The van der Waals surface area contributed by atoms with Crippen LogP contribution in [0.4, 0.5) is 4.79 Å². The van der Waals surface area contributed by atoms with E-state index in [4.69, 9.17) is 105 Å². The van der Waals surface area contributed by atoms with Crippen molar-refractivity contribution < 1.29 is 164 Å². The lowest BCUT2D eigenvalue weighted by Crippen LogP contribution is -2.66. The molecule has 3 aromatic rings. The highest BCUT2D eigenvalue weighted by atomic mass is 16.8. The van der Waals surface area contributed by atoms with Gasteiger partial charge in [0.05, 0.1) is 256 Å². The summed E-state index contributed by atoms with van der Waals surface area (Å²) >= 11 is 0. The molecule has 0 spiro atoms. The summed E-state index contributed by atoms with van der Waals surface area (Å²) in [7, 11) is 0. The van der Waals surface area contributed by atoms with Crippen LogP contribution in [0.2, 0.25) is 0 Å². The summed E-state index contributed by atoms with van der Waals surface area (Å²) in [6, 6.07) is -2.75. The first-order chi connectivity index (χ1) is 61.0. The number of amides is 6. The zero-order valence-corrected chi connectivity index (χ0v) is 71.9. The van der Waals surface area contributed by atoms with Crippen LogP contribution in [0.5, 0.6) is 0 Å². The molecule has 6 saturated heterocycles. The highest BCUT2D eigenvalue weighted by Crippen LogP contribution is 2.40. The standard InChI is InChI=1S/C77H129N15O34/c1-53(93)80-61-64(98)67(101)75(50-121-70(61)124-75)47-115-35-32-112-29-26-109-23-20-106-17-14-90-38-56(84-87-90)41-118-44-74(83-60(97)11-7-5-8-12-78-59(96)10-6-4-9-13-79-73(104)105,45-119-42-57-39-91(88-85-57)15-18-107-21-24-110-27-30-113-33-36-116-48-76-51-122-71(125-76)62(81-54(2)94)65(99)68(76)102)46-120-43-58-40-92(89-86-58)16-19-108-22-25-111-28-31-114-34-37-117-49-77-52-123-72(126-77)63(82-55(3)95)66(100)69(77)103/h38-40,61-72,79,98-103H,4-37,41-52H2,1-3H3,(H,78,96)(H,80,93)(H,81,94)(H,82,95)(H,83,97)(H,104,105)/t61-,62-,63-,64-,65-,66-,67-,68-,69-,70+,71+,72+,75+,76+,77+/m1/s1. The van der Waals surface area contributed by atoms with E-state index in [0.717, 1.165) is 0 Å². The van der Waals surface area contributed by atoms with E-state index in [1.807, 2.05) is 0 Å². The fourth-order valence-electron chi connectivity index (χ4n) is 14.3. The molecule has 6 fully saturated rings. The van der Waals surface area contributed by atoms with E-state index >= 15 is 0 Å². The molecule has 126 heavy (non-hydrogen) atoms. The van der Waals surface area contributed by atoms with Gasteiger partial charge in [0, 0.05) is 46.7 Å². The van der Waals surface area contributed by atoms with Crippen molar-refractivity contribution in [2.75, 3.05) is 211 Å². The zero-order valence-electron chi connectivity index (χ0n) is 71.9. The Morgan fingerprint density at radius 1 is 0.389 bits per heavy atom. The number of carbonyl (C=O) groups excluding carboxylic acids is 5. The number of aliphatic hydroxyl groups is 6. The first-order valence-corrected chi connectivity index (χ1v) is 42.6. The van der Waals surface area contributed by atoms with Gasteiger partial charge in [-0.05, 0) is 25.7 Å². The number of nitrogens with one attached hydrogen (secondary N) is 6. The number of hydrogen-bond donors (Lipinski definition) is 13. The van der Waals surface area contributed by atoms with Gasteiger partial charge in [-0.25, -0.2) is 18.8 Å². The molecule has 9 rings (SSSR count). The third-order valence-electron chi connectivity index (χ3n) is 20.8. The van der Waals surface area contributed by atoms with Crippen LogP contribution in [0.1, 0.15) is 89.2 Å². The molecule has 6 amide bonds. The van der Waals surface area contributed by atoms with Gasteiger partial charge in [-0.3, -0.25) is 24.0 Å². The molecule has 49 heteroatoms. The van der Waals surface area contributed by atoms with Gasteiger partial charge in [0.25, 0.3) is 0 Å². The predicted octanol–water partition coefficient (Wildman–Crippen LogP) is -5.97. The van der Waals surface area contributed by atoms with Crippen molar-refractivity contribution in [3.8, 4) is 0 Å². The molecular formula is C77H129N15O34. The normalized spacial score (nSPS) is 25.5. The fraction of sp³-hybridized carbons (Fsp3) is 0.844. The first-order valence-electron chi connectivity index (χ1n) is 42.6. The molecule has 3 aromatic heterocycles. The molecule has 0 unspecified atom stereocenters. The lowest BCUT2D eigenvalue weighted by atomic mass is 9.88. The van der Waals surface area contributed by atoms with Crippen LogP contribution in [0.25, 0.3) is 0 Å². The number of ether oxygens (including phenoxy) is 21. The maximum atomic E-state index is 14.2. The lowest BCUT2D eigenvalue weighted by Gasteiger charge is -2.42. The van der Waals surface area contributed by atoms with Crippen molar-refractivity contribution in [3.63, 3.8) is 0 Å². The molecule has 6 bridgehead atoms. The highest BCUT2D eigenvalue weighted by molar-refractivity contribution is 5.77. The Morgan fingerprint density at radius 3 is 0.976 bits per heavy atom. The Hall–Kier alpha value is -7.04. The van der Waals surface area contributed by atoms with Gasteiger partial charge in [-0.2, -0.15) is 0 Å². The van der Waals surface area contributed by atoms with Crippen LogP contribution < -0.4 is 31.9 Å². The highest BCUT2D eigenvalue weighted by Gasteiger charge is 2.62. The maximum absolute atomic E-state index is 14.2. The molecule has 6 aliphatic heterocycles. The minimum absolute atomic E-state index is 0.0211. The molecule has 6 aliphatic rings. The third-order valence-corrected chi connectivity index (χ3v) is 20.8. The SMILES string of the molecule is CC(=O)N[C@H]1[C@H]2OC[C@](COCCOCCOCCOCCn3cc(COCC(COCc4cn(CCOCCOCCOCCOC[C@@]56CO[C@@H](O5)[C@H](NC(C)=O)[C@@H](O)[C@H]6O)nn4)(COCc4cn(CCOCCOCCOCCOC[C@@]56CO[C@@H](O5)[C@H](NC(C)=O)[C@@H](O)[C@H]6O)nn4)NC(=O)CCCCCNC(=O)CCCCCNC(=O)O)nn3)(O2)[C@H](O)[C@@H]1O. The Balaban J connectivity index is 0.701. The summed E-state index contributed by atoms with van der Waals surface area (Å²) in [6.45, 7) is 10.4. The summed E-state index contributed by atoms with van der Waals surface area (Å²) in [4.78, 5) is 72.3. The first kappa shape index (κ1) is 103. The molecule has 9 heterocycles. The van der Waals surface area contributed by atoms with E-state index in [-0.39, 0.29) is 197 Å². The van der Waals surface area contributed by atoms with E-state index in [1.54, 1.807) is 32.6 Å². The Labute approximate surface area is 728 Å². The van der Waals surface area contributed by atoms with Gasteiger partial charge >= 0.3 is 6.09 Å². The van der Waals surface area contributed by atoms with Gasteiger partial charge in [0.15, 0.2) is 18.9 Å². The van der Waals surface area contributed by atoms with Crippen LogP contribution in [0, 0.1) is 0 Å². The number of carbonyl (C=O) groups is 6. The minimum Gasteiger partial charge on any atom is -0.465 e. The van der Waals surface area contributed by atoms with Crippen molar-refractivity contribution in [1.29, 1.82) is 0 Å². The molecule has 13 N–H and O–H groups in total. The number of hydrogen-bond acceptors (Lipinski definition) is 39. The monoisotopic (exact) mass is 1810 g/mol. The van der Waals surface area contributed by atoms with Crippen molar-refractivity contribution in [1.82, 2.24) is 76.9 Å². The van der Waals surface area contributed by atoms with Gasteiger partial charge in [0.2, 0.25) is 29.5 Å². The van der Waals surface area contributed by atoms with Crippen molar-refractivity contribution in [2.45, 2.75) is 208 Å². The van der Waals surface area contributed by atoms with Crippen LogP contribution in [0.3, 0.4) is 0 Å². The average molecular weight is 1810 g/mol. The van der Waals surface area contributed by atoms with Gasteiger partial charge in [0.1, 0.15) is 94.2 Å². The lowest BCUT2D eigenvalue weighted by molar-refractivity contribution is -0.238. The molecule has 15 atom stereocenters. The molecule has 0 radical (unpaired) electrons. The molecule has 0 aromatic carbocycles. The quantitative estimate of drug-likeness (QED) is 0.0234. The van der Waals surface area contributed by atoms with Crippen LogP contribution in [0.15, 0.2) is 18.6 Å². The van der Waals surface area contributed by atoms with Crippen molar-refractivity contribution in [2.24, 2.45) is 0 Å². The van der Waals surface area contributed by atoms with Gasteiger partial charge in [-0.1, -0.05) is 28.5 Å². The second-order valence-corrected chi connectivity index (χ2v) is 31.2. The molecule has 0 aliphatic carbocycles. The summed E-state index contributed by atoms with van der Waals surface area (Å²) < 4.78 is 127. The number of carboxylic acid groups (broad SMARTS) is 1. The number of rotatable bonds is 70. The molecule has 716 valence electrons. The van der Waals surface area contributed by atoms with Crippen LogP contribution >= 0.6 is 0 Å². The maximum Gasteiger partial charge on any atom is 0.404 e.